The number of aliphatic hydroxyl groups is 1. The molecule has 2 aromatic rings. The molecule has 1 saturated heterocycles. The Kier molecular flexibility index (Phi) is 8.76. The van der Waals surface area contributed by atoms with Gasteiger partial charge in [0.25, 0.3) is 11.7 Å². The second kappa shape index (κ2) is 11.8. The van der Waals surface area contributed by atoms with E-state index < -0.39 is 17.7 Å². The number of aliphatic hydroxyl groups excluding tert-OH is 1. The number of benzene rings is 2. The van der Waals surface area contributed by atoms with Crippen LogP contribution >= 0.6 is 0 Å². The predicted octanol–water partition coefficient (Wildman–Crippen LogP) is 3.95. The van der Waals surface area contributed by atoms with Crippen LogP contribution in [0.25, 0.3) is 5.76 Å². The zero-order valence-corrected chi connectivity index (χ0v) is 20.8. The fourth-order valence-electron chi connectivity index (χ4n) is 4.10. The third-order valence-corrected chi connectivity index (χ3v) is 5.94. The summed E-state index contributed by atoms with van der Waals surface area (Å²) in [6.07, 6.45) is 2.54. The summed E-state index contributed by atoms with van der Waals surface area (Å²) >= 11 is 0. The van der Waals surface area contributed by atoms with Crippen molar-refractivity contribution in [2.75, 3.05) is 40.9 Å². The lowest BCUT2D eigenvalue weighted by Gasteiger charge is -2.26. The van der Waals surface area contributed by atoms with Gasteiger partial charge in [0.2, 0.25) is 0 Å². The van der Waals surface area contributed by atoms with E-state index in [4.69, 9.17) is 9.47 Å². The van der Waals surface area contributed by atoms with Gasteiger partial charge in [-0.3, -0.25) is 9.59 Å². The number of carbonyl (C=O) groups is 2. The Bertz CT molecular complexity index is 1090. The van der Waals surface area contributed by atoms with Gasteiger partial charge in [-0.25, -0.2) is 0 Å². The molecule has 1 atom stereocenters. The average molecular weight is 483 g/mol. The van der Waals surface area contributed by atoms with Gasteiger partial charge in [-0.1, -0.05) is 31.5 Å². The number of ether oxygens (including phenoxy) is 2. The van der Waals surface area contributed by atoms with Gasteiger partial charge in [0.15, 0.2) is 11.5 Å². The molecule has 1 amide bonds. The maximum absolute atomic E-state index is 13.2. The van der Waals surface area contributed by atoms with Crippen LogP contribution in [0.2, 0.25) is 0 Å². The highest BCUT2D eigenvalue weighted by atomic mass is 16.5. The summed E-state index contributed by atoms with van der Waals surface area (Å²) in [6.45, 7) is 3.67. The lowest BCUT2D eigenvalue weighted by Crippen LogP contribution is -2.32. The van der Waals surface area contributed by atoms with Gasteiger partial charge in [-0.05, 0) is 63.3 Å². The molecule has 188 valence electrons. The second-order valence-corrected chi connectivity index (χ2v) is 8.81. The fraction of sp³-hybridized carbons (Fsp3) is 0.407. The maximum Gasteiger partial charge on any atom is 0.295 e. The van der Waals surface area contributed by atoms with E-state index in [0.29, 0.717) is 36.4 Å². The molecule has 1 aliphatic heterocycles. The summed E-state index contributed by atoms with van der Waals surface area (Å²) in [5, 5.41) is 21.4. The topological polar surface area (TPSA) is 99.5 Å². The smallest absolute Gasteiger partial charge is 0.295 e. The van der Waals surface area contributed by atoms with Gasteiger partial charge >= 0.3 is 0 Å². The number of ketones is 1. The van der Waals surface area contributed by atoms with Crippen LogP contribution in [0.15, 0.2) is 48.0 Å². The number of phenolic OH excluding ortho intramolecular Hbond substituents is 1. The van der Waals surface area contributed by atoms with Crippen LogP contribution in [-0.2, 0) is 9.59 Å². The van der Waals surface area contributed by atoms with Gasteiger partial charge in [0.05, 0.1) is 25.3 Å². The van der Waals surface area contributed by atoms with Gasteiger partial charge in [-0.2, -0.15) is 0 Å². The van der Waals surface area contributed by atoms with Crippen LogP contribution in [0.3, 0.4) is 0 Å². The standard InChI is InChI=1S/C27H34N2O6/c1-5-6-15-35-20-10-7-9-19(16-20)25(31)23-24(18-11-12-21(30)22(17-18)34-4)29(27(33)26(23)32)14-8-13-28(2)3/h7,9-12,16-17,24,30-31H,5-6,8,13-15H2,1-4H3. The van der Waals surface area contributed by atoms with Gasteiger partial charge in [-0.15, -0.1) is 0 Å². The van der Waals surface area contributed by atoms with E-state index in [0.717, 1.165) is 19.4 Å². The summed E-state index contributed by atoms with van der Waals surface area (Å²) in [5.74, 6) is -0.952. The third-order valence-electron chi connectivity index (χ3n) is 5.94. The summed E-state index contributed by atoms with van der Waals surface area (Å²) < 4.78 is 11.0. The lowest BCUT2D eigenvalue weighted by molar-refractivity contribution is -0.139. The number of Topliss-reactive ketones (excluding diaryl/α,β-unsaturated/α-hetero) is 1. The minimum Gasteiger partial charge on any atom is -0.507 e. The fourth-order valence-corrected chi connectivity index (χ4v) is 4.10. The lowest BCUT2D eigenvalue weighted by atomic mass is 9.95. The number of methoxy groups -OCH3 is 1. The molecule has 1 aliphatic rings. The highest BCUT2D eigenvalue weighted by Crippen LogP contribution is 2.42. The Morgan fingerprint density at radius 1 is 1.11 bits per heavy atom. The van der Waals surface area contributed by atoms with Crippen LogP contribution in [0.1, 0.15) is 43.4 Å². The number of aromatic hydroxyl groups is 1. The first-order valence-electron chi connectivity index (χ1n) is 11.8. The molecule has 0 radical (unpaired) electrons. The number of likely N-dealkylation sites (tertiary alicyclic amines) is 1. The number of nitrogens with zero attached hydrogens (tertiary/aromatic N) is 2. The number of amides is 1. The van der Waals surface area contributed by atoms with E-state index in [1.165, 1.54) is 18.1 Å². The van der Waals surface area contributed by atoms with Crippen molar-refractivity contribution in [1.82, 2.24) is 9.80 Å². The van der Waals surface area contributed by atoms with Crippen LogP contribution < -0.4 is 9.47 Å². The zero-order valence-electron chi connectivity index (χ0n) is 20.8. The molecule has 0 bridgehead atoms. The van der Waals surface area contributed by atoms with Crippen molar-refractivity contribution in [3.8, 4) is 17.2 Å². The molecule has 8 nitrogen and oxygen atoms in total. The van der Waals surface area contributed by atoms with E-state index in [2.05, 4.69) is 6.92 Å². The van der Waals surface area contributed by atoms with Crippen LogP contribution in [0, 0.1) is 0 Å². The SMILES string of the molecule is CCCCOc1cccc(C(O)=C2C(=O)C(=O)N(CCCN(C)C)C2c2ccc(O)c(OC)c2)c1. The zero-order chi connectivity index (χ0) is 25.5. The monoisotopic (exact) mass is 482 g/mol. The molecular formula is C27H34N2O6. The van der Waals surface area contributed by atoms with E-state index >= 15 is 0 Å². The van der Waals surface area contributed by atoms with Gasteiger partial charge in [0, 0.05) is 12.1 Å². The van der Waals surface area contributed by atoms with Crippen molar-refractivity contribution in [3.63, 3.8) is 0 Å². The van der Waals surface area contributed by atoms with Crippen molar-refractivity contribution in [1.29, 1.82) is 0 Å². The molecule has 1 unspecified atom stereocenters. The summed E-state index contributed by atoms with van der Waals surface area (Å²) in [4.78, 5) is 29.8. The molecule has 35 heavy (non-hydrogen) atoms. The number of unbranched alkanes of at least 4 members (excludes halogenated alkanes) is 1. The van der Waals surface area contributed by atoms with Crippen molar-refractivity contribution in [2.45, 2.75) is 32.2 Å². The number of hydrogen-bond acceptors (Lipinski definition) is 7. The molecule has 2 aromatic carbocycles. The second-order valence-electron chi connectivity index (χ2n) is 8.81. The Labute approximate surface area is 206 Å². The minimum absolute atomic E-state index is 0.00157. The van der Waals surface area contributed by atoms with Crippen molar-refractivity contribution in [2.24, 2.45) is 0 Å². The van der Waals surface area contributed by atoms with Crippen molar-refractivity contribution < 1.29 is 29.3 Å². The van der Waals surface area contributed by atoms with Crippen LogP contribution in [0.5, 0.6) is 17.2 Å². The summed E-state index contributed by atoms with van der Waals surface area (Å²) in [5.41, 5.74) is 0.944. The highest BCUT2D eigenvalue weighted by molar-refractivity contribution is 6.46. The summed E-state index contributed by atoms with van der Waals surface area (Å²) in [6, 6.07) is 10.7. The first-order valence-corrected chi connectivity index (χ1v) is 11.8. The Balaban J connectivity index is 2.07. The molecule has 8 heteroatoms. The molecule has 0 aliphatic carbocycles. The molecule has 0 saturated carbocycles. The van der Waals surface area contributed by atoms with Crippen molar-refractivity contribution in [3.05, 3.63) is 59.2 Å². The van der Waals surface area contributed by atoms with E-state index in [1.54, 1.807) is 36.4 Å². The molecule has 1 heterocycles. The van der Waals surface area contributed by atoms with Gasteiger partial charge in [0.1, 0.15) is 11.5 Å². The number of carbonyl (C=O) groups excluding carboxylic acids is 2. The van der Waals surface area contributed by atoms with Crippen LogP contribution in [0.4, 0.5) is 0 Å². The Hall–Kier alpha value is -3.52. The first kappa shape index (κ1) is 26.1. The van der Waals surface area contributed by atoms with Crippen LogP contribution in [-0.4, -0.2) is 72.6 Å². The minimum atomic E-state index is -0.823. The number of hydrogen-bond donors (Lipinski definition) is 2. The normalized spacial score (nSPS) is 17.3. The molecule has 3 rings (SSSR count). The van der Waals surface area contributed by atoms with E-state index in [9.17, 15) is 19.8 Å². The third kappa shape index (κ3) is 5.95. The molecule has 0 spiro atoms. The number of rotatable bonds is 11. The largest absolute Gasteiger partial charge is 0.507 e. The van der Waals surface area contributed by atoms with Crippen molar-refractivity contribution >= 4 is 17.4 Å². The predicted molar refractivity (Wildman–Crippen MR) is 134 cm³/mol. The average Bonchev–Trinajstić information content (AvgIpc) is 3.09. The van der Waals surface area contributed by atoms with E-state index in [1.807, 2.05) is 19.0 Å². The maximum atomic E-state index is 13.2. The number of phenols is 1. The first-order chi connectivity index (χ1) is 16.8. The molecule has 0 aromatic heterocycles. The Morgan fingerprint density at radius 3 is 2.57 bits per heavy atom. The van der Waals surface area contributed by atoms with Gasteiger partial charge < -0.3 is 29.5 Å². The molecular weight excluding hydrogens is 448 g/mol. The van der Waals surface area contributed by atoms with E-state index in [-0.39, 0.29) is 22.8 Å². The highest BCUT2D eigenvalue weighted by Gasteiger charge is 2.46. The quantitative estimate of drug-likeness (QED) is 0.216. The molecule has 1 fully saturated rings. The Morgan fingerprint density at radius 2 is 1.89 bits per heavy atom. The summed E-state index contributed by atoms with van der Waals surface area (Å²) in [7, 11) is 5.30. The molecule has 2 N–H and O–H groups in total.